The molecule has 1 aromatic rings. The van der Waals surface area contributed by atoms with E-state index < -0.39 is 16.4 Å². The van der Waals surface area contributed by atoms with Gasteiger partial charge in [-0.3, -0.25) is 4.21 Å². The van der Waals surface area contributed by atoms with Crippen LogP contribution in [0.15, 0.2) is 23.0 Å². The lowest BCUT2D eigenvalue weighted by atomic mass is 9.88. The highest BCUT2D eigenvalue weighted by Crippen LogP contribution is 2.45. The SMILES string of the molecule is O=S1C2CCC1CC(O)(c1ccoc1)C2. The molecule has 3 heterocycles. The molecule has 2 atom stereocenters. The number of fused-ring (bicyclic) bond motifs is 2. The van der Waals surface area contributed by atoms with E-state index in [0.717, 1.165) is 18.4 Å². The summed E-state index contributed by atoms with van der Waals surface area (Å²) < 4.78 is 16.8. The van der Waals surface area contributed by atoms with Gasteiger partial charge in [-0.05, 0) is 31.7 Å². The molecule has 15 heavy (non-hydrogen) atoms. The first-order valence-corrected chi connectivity index (χ1v) is 6.61. The Labute approximate surface area is 90.9 Å². The van der Waals surface area contributed by atoms with Crippen molar-refractivity contribution < 1.29 is 13.7 Å². The highest BCUT2D eigenvalue weighted by atomic mass is 32.2. The van der Waals surface area contributed by atoms with Gasteiger partial charge in [-0.2, -0.15) is 0 Å². The molecule has 1 aromatic heterocycles. The molecule has 0 aliphatic carbocycles. The van der Waals surface area contributed by atoms with Gasteiger partial charge in [0.15, 0.2) is 0 Å². The zero-order valence-electron chi connectivity index (χ0n) is 8.39. The lowest BCUT2D eigenvalue weighted by Gasteiger charge is -2.35. The van der Waals surface area contributed by atoms with Crippen LogP contribution in [0.4, 0.5) is 0 Å². The Kier molecular flexibility index (Phi) is 2.04. The van der Waals surface area contributed by atoms with E-state index in [9.17, 15) is 9.32 Å². The normalized spacial score (nSPS) is 44.5. The smallest absolute Gasteiger partial charge is 0.0963 e. The summed E-state index contributed by atoms with van der Waals surface area (Å²) in [7, 11) is -0.717. The van der Waals surface area contributed by atoms with Gasteiger partial charge in [-0.25, -0.2) is 0 Å². The van der Waals surface area contributed by atoms with E-state index in [0.29, 0.717) is 12.8 Å². The van der Waals surface area contributed by atoms with Gasteiger partial charge in [0.05, 0.1) is 18.1 Å². The van der Waals surface area contributed by atoms with E-state index in [4.69, 9.17) is 4.42 Å². The fourth-order valence-electron chi connectivity index (χ4n) is 2.85. The fraction of sp³-hybridized carbons (Fsp3) is 0.636. The van der Waals surface area contributed by atoms with Crippen molar-refractivity contribution in [3.63, 3.8) is 0 Å². The van der Waals surface area contributed by atoms with Crippen LogP contribution in [0, 0.1) is 0 Å². The molecule has 2 saturated heterocycles. The number of aliphatic hydroxyl groups is 1. The molecule has 3 rings (SSSR count). The maximum Gasteiger partial charge on any atom is 0.0963 e. The van der Waals surface area contributed by atoms with Crippen LogP contribution in [0.2, 0.25) is 0 Å². The minimum atomic E-state index is -0.799. The predicted molar refractivity (Wildman–Crippen MR) is 56.8 cm³/mol. The molecule has 2 aliphatic heterocycles. The van der Waals surface area contributed by atoms with E-state index in [1.807, 2.05) is 6.07 Å². The van der Waals surface area contributed by atoms with E-state index in [2.05, 4.69) is 0 Å². The maximum absolute atomic E-state index is 11.8. The number of rotatable bonds is 1. The van der Waals surface area contributed by atoms with Crippen molar-refractivity contribution in [2.24, 2.45) is 0 Å². The highest BCUT2D eigenvalue weighted by Gasteiger charge is 2.48. The first kappa shape index (κ1) is 9.60. The monoisotopic (exact) mass is 226 g/mol. The van der Waals surface area contributed by atoms with Crippen molar-refractivity contribution in [1.82, 2.24) is 0 Å². The molecule has 0 saturated carbocycles. The molecule has 2 fully saturated rings. The largest absolute Gasteiger partial charge is 0.472 e. The molecule has 2 bridgehead atoms. The quantitative estimate of drug-likeness (QED) is 0.790. The second-order valence-electron chi connectivity index (χ2n) is 4.60. The zero-order valence-corrected chi connectivity index (χ0v) is 9.20. The molecule has 3 nitrogen and oxygen atoms in total. The summed E-state index contributed by atoms with van der Waals surface area (Å²) in [4.78, 5) is 0. The average Bonchev–Trinajstić information content (AvgIpc) is 2.79. The van der Waals surface area contributed by atoms with Crippen molar-refractivity contribution in [3.8, 4) is 0 Å². The number of furan rings is 1. The molecule has 1 N–H and O–H groups in total. The Hall–Kier alpha value is -0.610. The molecule has 0 amide bonds. The summed E-state index contributed by atoms with van der Waals surface area (Å²) in [6.45, 7) is 0. The molecular weight excluding hydrogens is 212 g/mol. The summed E-state index contributed by atoms with van der Waals surface area (Å²) in [5, 5.41) is 10.9. The van der Waals surface area contributed by atoms with Crippen LogP contribution < -0.4 is 0 Å². The van der Waals surface area contributed by atoms with Crippen LogP contribution in [0.3, 0.4) is 0 Å². The Morgan fingerprint density at radius 3 is 2.60 bits per heavy atom. The van der Waals surface area contributed by atoms with Gasteiger partial charge in [0, 0.05) is 26.9 Å². The molecule has 4 heteroatoms. The topological polar surface area (TPSA) is 50.4 Å². The Balaban J connectivity index is 1.94. The lowest BCUT2D eigenvalue weighted by molar-refractivity contribution is 0.0179. The van der Waals surface area contributed by atoms with Gasteiger partial charge >= 0.3 is 0 Å². The fourth-order valence-corrected chi connectivity index (χ4v) is 5.01. The standard InChI is InChI=1S/C11H14O3S/c12-11(8-3-4-14-7-8)5-9-1-2-10(6-11)15(9)13/h3-4,7,9-10,12H,1-2,5-6H2. The van der Waals surface area contributed by atoms with Gasteiger partial charge in [-0.15, -0.1) is 0 Å². The van der Waals surface area contributed by atoms with Crippen molar-refractivity contribution >= 4 is 10.8 Å². The average molecular weight is 226 g/mol. The Morgan fingerprint density at radius 2 is 2.07 bits per heavy atom. The van der Waals surface area contributed by atoms with Crippen LogP contribution in [-0.2, 0) is 16.4 Å². The molecule has 0 radical (unpaired) electrons. The predicted octanol–water partition coefficient (Wildman–Crippen LogP) is 1.54. The Morgan fingerprint density at radius 1 is 1.40 bits per heavy atom. The second kappa shape index (κ2) is 3.19. The third kappa shape index (κ3) is 1.39. The summed E-state index contributed by atoms with van der Waals surface area (Å²) in [5.41, 5.74) is 0.0447. The van der Waals surface area contributed by atoms with Gasteiger partial charge in [0.1, 0.15) is 0 Å². The molecule has 0 aromatic carbocycles. The van der Waals surface area contributed by atoms with Gasteiger partial charge in [0.2, 0.25) is 0 Å². The number of hydrogen-bond donors (Lipinski definition) is 1. The highest BCUT2D eigenvalue weighted by molar-refractivity contribution is 7.86. The molecule has 2 aliphatic rings. The van der Waals surface area contributed by atoms with Crippen molar-refractivity contribution in [1.29, 1.82) is 0 Å². The van der Waals surface area contributed by atoms with Crippen LogP contribution in [0.1, 0.15) is 31.2 Å². The summed E-state index contributed by atoms with van der Waals surface area (Å²) in [6, 6.07) is 1.81. The van der Waals surface area contributed by atoms with Gasteiger partial charge in [0.25, 0.3) is 0 Å². The molecule has 82 valence electrons. The maximum atomic E-state index is 11.8. The van der Waals surface area contributed by atoms with Gasteiger partial charge in [-0.1, -0.05) is 0 Å². The molecular formula is C11H14O3S. The van der Waals surface area contributed by atoms with Crippen LogP contribution in [-0.4, -0.2) is 19.8 Å². The summed E-state index contributed by atoms with van der Waals surface area (Å²) in [6.07, 6.45) is 6.43. The lowest BCUT2D eigenvalue weighted by Crippen LogP contribution is -2.39. The second-order valence-corrected chi connectivity index (χ2v) is 6.59. The van der Waals surface area contributed by atoms with Crippen LogP contribution in [0.5, 0.6) is 0 Å². The first-order chi connectivity index (χ1) is 7.19. The third-order valence-corrected chi connectivity index (χ3v) is 5.78. The van der Waals surface area contributed by atoms with Crippen molar-refractivity contribution in [2.45, 2.75) is 41.8 Å². The van der Waals surface area contributed by atoms with Crippen LogP contribution in [0.25, 0.3) is 0 Å². The molecule has 2 unspecified atom stereocenters. The summed E-state index contributed by atoms with van der Waals surface area (Å²) in [5.74, 6) is 0. The molecule has 0 spiro atoms. The minimum absolute atomic E-state index is 0.184. The minimum Gasteiger partial charge on any atom is -0.472 e. The van der Waals surface area contributed by atoms with Crippen molar-refractivity contribution in [3.05, 3.63) is 24.2 Å². The van der Waals surface area contributed by atoms with E-state index in [1.54, 1.807) is 12.5 Å². The first-order valence-electron chi connectivity index (χ1n) is 5.33. The van der Waals surface area contributed by atoms with Crippen LogP contribution >= 0.6 is 0 Å². The number of hydrogen-bond acceptors (Lipinski definition) is 3. The van der Waals surface area contributed by atoms with Gasteiger partial charge < -0.3 is 9.52 Å². The van der Waals surface area contributed by atoms with Crippen molar-refractivity contribution in [2.75, 3.05) is 0 Å². The summed E-state index contributed by atoms with van der Waals surface area (Å²) >= 11 is 0. The Bertz CT molecular complexity index is 369. The van der Waals surface area contributed by atoms with E-state index in [1.165, 1.54) is 0 Å². The third-order valence-electron chi connectivity index (χ3n) is 3.66. The van der Waals surface area contributed by atoms with E-state index in [-0.39, 0.29) is 10.5 Å². The zero-order chi connectivity index (χ0) is 10.5. The van der Waals surface area contributed by atoms with E-state index >= 15 is 0 Å².